The molecule has 0 fully saturated rings. The van der Waals surface area contributed by atoms with Crippen LogP contribution >= 0.6 is 0 Å². The van der Waals surface area contributed by atoms with Crippen molar-refractivity contribution in [2.75, 3.05) is 13.7 Å². The summed E-state index contributed by atoms with van der Waals surface area (Å²) in [5.41, 5.74) is 0. The highest BCUT2D eigenvalue weighted by atomic mass is 16.5. The number of hydrogen-bond acceptors (Lipinski definition) is 2. The van der Waals surface area contributed by atoms with Crippen LogP contribution in [0.15, 0.2) is 12.7 Å². The third-order valence-corrected chi connectivity index (χ3v) is 1.84. The van der Waals surface area contributed by atoms with Gasteiger partial charge in [0, 0.05) is 13.7 Å². The highest BCUT2D eigenvalue weighted by Crippen LogP contribution is 2.11. The Balaban J connectivity index is 3.45. The fraction of sp³-hybridized carbons (Fsp3) is 0.778. The number of aliphatic hydroxyl groups is 1. The van der Waals surface area contributed by atoms with Gasteiger partial charge in [-0.1, -0.05) is 13.0 Å². The molecule has 0 aromatic rings. The van der Waals surface area contributed by atoms with Crippen molar-refractivity contribution < 1.29 is 9.84 Å². The van der Waals surface area contributed by atoms with E-state index in [1.807, 2.05) is 6.92 Å². The molecule has 0 aromatic carbocycles. The van der Waals surface area contributed by atoms with Crippen molar-refractivity contribution in [1.29, 1.82) is 0 Å². The Morgan fingerprint density at radius 2 is 2.27 bits per heavy atom. The van der Waals surface area contributed by atoms with E-state index in [0.29, 0.717) is 12.3 Å². The van der Waals surface area contributed by atoms with Crippen molar-refractivity contribution in [1.82, 2.24) is 0 Å². The summed E-state index contributed by atoms with van der Waals surface area (Å²) in [5, 5.41) is 9.42. The zero-order chi connectivity index (χ0) is 8.69. The minimum atomic E-state index is -0.261. The van der Waals surface area contributed by atoms with E-state index >= 15 is 0 Å². The largest absolute Gasteiger partial charge is 0.393 e. The minimum absolute atomic E-state index is 0.261. The van der Waals surface area contributed by atoms with Crippen molar-refractivity contribution in [3.63, 3.8) is 0 Å². The molecule has 2 atom stereocenters. The van der Waals surface area contributed by atoms with Gasteiger partial charge >= 0.3 is 0 Å². The second-order valence-corrected chi connectivity index (χ2v) is 2.85. The Morgan fingerprint density at radius 1 is 1.64 bits per heavy atom. The van der Waals surface area contributed by atoms with E-state index in [9.17, 15) is 5.11 Å². The third kappa shape index (κ3) is 4.99. The summed E-state index contributed by atoms with van der Waals surface area (Å²) in [4.78, 5) is 0. The molecule has 0 amide bonds. The molecule has 2 heteroatoms. The number of aliphatic hydroxyl groups excluding tert-OH is 1. The Morgan fingerprint density at radius 3 is 2.73 bits per heavy atom. The average molecular weight is 158 g/mol. The molecule has 0 aliphatic rings. The van der Waals surface area contributed by atoms with Crippen molar-refractivity contribution in [2.24, 2.45) is 5.92 Å². The molecule has 1 N–H and O–H groups in total. The predicted molar refractivity (Wildman–Crippen MR) is 46.5 cm³/mol. The zero-order valence-corrected chi connectivity index (χ0v) is 7.42. The number of rotatable bonds is 6. The van der Waals surface area contributed by atoms with E-state index in [2.05, 4.69) is 6.58 Å². The van der Waals surface area contributed by atoms with Gasteiger partial charge in [0.1, 0.15) is 0 Å². The molecule has 11 heavy (non-hydrogen) atoms. The van der Waals surface area contributed by atoms with Crippen LogP contribution in [0.1, 0.15) is 19.8 Å². The normalized spacial score (nSPS) is 15.9. The van der Waals surface area contributed by atoms with Gasteiger partial charge in [-0.2, -0.15) is 0 Å². The van der Waals surface area contributed by atoms with E-state index in [1.54, 1.807) is 13.2 Å². The maximum absolute atomic E-state index is 9.42. The molecule has 0 saturated heterocycles. The molecule has 2 nitrogen and oxygen atoms in total. The highest BCUT2D eigenvalue weighted by Gasteiger charge is 2.11. The lowest BCUT2D eigenvalue weighted by atomic mass is 9.99. The van der Waals surface area contributed by atoms with Crippen LogP contribution in [0.4, 0.5) is 0 Å². The predicted octanol–water partition coefficient (Wildman–Crippen LogP) is 1.60. The van der Waals surface area contributed by atoms with Crippen molar-refractivity contribution in [3.05, 3.63) is 12.7 Å². The minimum Gasteiger partial charge on any atom is -0.393 e. The van der Waals surface area contributed by atoms with Gasteiger partial charge in [0.2, 0.25) is 0 Å². The standard InChI is InChI=1S/C9H18O2/c1-4-5-9(10)8(2)6-7-11-3/h4,8-10H,1,5-7H2,2-3H3. The van der Waals surface area contributed by atoms with Gasteiger partial charge in [-0.15, -0.1) is 6.58 Å². The molecular weight excluding hydrogens is 140 g/mol. The molecule has 0 spiro atoms. The van der Waals surface area contributed by atoms with E-state index in [0.717, 1.165) is 13.0 Å². The summed E-state index contributed by atoms with van der Waals surface area (Å²) in [6.45, 7) is 6.31. The zero-order valence-electron chi connectivity index (χ0n) is 7.42. The summed E-state index contributed by atoms with van der Waals surface area (Å²) in [6, 6.07) is 0. The van der Waals surface area contributed by atoms with Crippen molar-refractivity contribution in [2.45, 2.75) is 25.9 Å². The topological polar surface area (TPSA) is 29.5 Å². The van der Waals surface area contributed by atoms with E-state index in [4.69, 9.17) is 4.74 Å². The third-order valence-electron chi connectivity index (χ3n) is 1.84. The van der Waals surface area contributed by atoms with Gasteiger partial charge < -0.3 is 9.84 Å². The quantitative estimate of drug-likeness (QED) is 0.595. The summed E-state index contributed by atoms with van der Waals surface area (Å²) in [7, 11) is 1.67. The van der Waals surface area contributed by atoms with Crippen LogP contribution in [0.5, 0.6) is 0 Å². The summed E-state index contributed by atoms with van der Waals surface area (Å²) in [6.07, 6.45) is 3.06. The first kappa shape index (κ1) is 10.7. The van der Waals surface area contributed by atoms with Gasteiger partial charge in [0.05, 0.1) is 6.10 Å². The first-order chi connectivity index (χ1) is 5.22. The number of methoxy groups -OCH3 is 1. The first-order valence-corrected chi connectivity index (χ1v) is 4.00. The Labute approximate surface area is 68.9 Å². The first-order valence-electron chi connectivity index (χ1n) is 4.00. The Kier molecular flexibility index (Phi) is 6.18. The van der Waals surface area contributed by atoms with Gasteiger partial charge in [-0.3, -0.25) is 0 Å². The summed E-state index contributed by atoms with van der Waals surface area (Å²) < 4.78 is 4.90. The number of hydrogen-bond donors (Lipinski definition) is 1. The lowest BCUT2D eigenvalue weighted by Crippen LogP contribution is -2.17. The molecule has 0 rings (SSSR count). The molecule has 0 bridgehead atoms. The van der Waals surface area contributed by atoms with Crippen LogP contribution in [-0.4, -0.2) is 24.9 Å². The monoisotopic (exact) mass is 158 g/mol. The van der Waals surface area contributed by atoms with E-state index in [1.165, 1.54) is 0 Å². The van der Waals surface area contributed by atoms with Crippen LogP contribution in [0.3, 0.4) is 0 Å². The SMILES string of the molecule is C=CCC(O)C(C)CCOC. The lowest BCUT2D eigenvalue weighted by molar-refractivity contribution is 0.0907. The Bertz CT molecular complexity index is 102. The molecule has 0 aromatic heterocycles. The lowest BCUT2D eigenvalue weighted by Gasteiger charge is -2.16. The van der Waals surface area contributed by atoms with Gasteiger partial charge in [0.25, 0.3) is 0 Å². The highest BCUT2D eigenvalue weighted by molar-refractivity contribution is 4.75. The van der Waals surface area contributed by atoms with Gasteiger partial charge in [-0.05, 0) is 18.8 Å². The summed E-state index contributed by atoms with van der Waals surface area (Å²) in [5.74, 6) is 0.299. The smallest absolute Gasteiger partial charge is 0.0600 e. The van der Waals surface area contributed by atoms with Crippen LogP contribution in [0, 0.1) is 5.92 Å². The molecule has 0 heterocycles. The van der Waals surface area contributed by atoms with Crippen LogP contribution in [0.2, 0.25) is 0 Å². The second-order valence-electron chi connectivity index (χ2n) is 2.85. The fourth-order valence-corrected chi connectivity index (χ4v) is 0.899. The molecule has 0 aliphatic carbocycles. The molecule has 2 unspecified atom stereocenters. The maximum atomic E-state index is 9.42. The van der Waals surface area contributed by atoms with Crippen LogP contribution in [-0.2, 0) is 4.74 Å². The van der Waals surface area contributed by atoms with Gasteiger partial charge in [-0.25, -0.2) is 0 Å². The van der Waals surface area contributed by atoms with Gasteiger partial charge in [0.15, 0.2) is 0 Å². The van der Waals surface area contributed by atoms with Crippen LogP contribution in [0.25, 0.3) is 0 Å². The second kappa shape index (κ2) is 6.38. The molecule has 0 radical (unpaired) electrons. The van der Waals surface area contributed by atoms with Crippen molar-refractivity contribution in [3.8, 4) is 0 Å². The molecule has 0 saturated carbocycles. The van der Waals surface area contributed by atoms with E-state index in [-0.39, 0.29) is 6.10 Å². The summed E-state index contributed by atoms with van der Waals surface area (Å²) >= 11 is 0. The molecular formula is C9H18O2. The van der Waals surface area contributed by atoms with Crippen molar-refractivity contribution >= 4 is 0 Å². The average Bonchev–Trinajstić information content (AvgIpc) is 2.00. The molecule has 0 aliphatic heterocycles. The number of ether oxygens (including phenoxy) is 1. The van der Waals surface area contributed by atoms with E-state index < -0.39 is 0 Å². The maximum Gasteiger partial charge on any atom is 0.0600 e. The Hall–Kier alpha value is -0.340. The fourth-order valence-electron chi connectivity index (χ4n) is 0.899. The molecule has 66 valence electrons. The van der Waals surface area contributed by atoms with Crippen LogP contribution < -0.4 is 0 Å².